The summed E-state index contributed by atoms with van der Waals surface area (Å²) in [4.78, 5) is 12.0. The summed E-state index contributed by atoms with van der Waals surface area (Å²) in [5.74, 6) is -0.122. The van der Waals surface area contributed by atoms with Crippen molar-refractivity contribution in [2.75, 3.05) is 0 Å². The largest absolute Gasteiger partial charge is 0.391 e. The summed E-state index contributed by atoms with van der Waals surface area (Å²) in [6.07, 6.45) is 4.59. The van der Waals surface area contributed by atoms with Crippen LogP contribution in [0.4, 0.5) is 0 Å². The van der Waals surface area contributed by atoms with Crippen molar-refractivity contribution < 1.29 is 9.90 Å². The van der Waals surface area contributed by atoms with Gasteiger partial charge in [-0.05, 0) is 25.7 Å². The summed E-state index contributed by atoms with van der Waals surface area (Å²) in [5, 5.41) is 12.7. The third-order valence-corrected chi connectivity index (χ3v) is 3.76. The zero-order valence-electron chi connectivity index (χ0n) is 10.3. The van der Waals surface area contributed by atoms with Gasteiger partial charge in [0.15, 0.2) is 0 Å². The fourth-order valence-electron chi connectivity index (χ4n) is 2.16. The van der Waals surface area contributed by atoms with Crippen LogP contribution in [0.15, 0.2) is 0 Å². The van der Waals surface area contributed by atoms with Gasteiger partial charge in [0.1, 0.15) is 0 Å². The van der Waals surface area contributed by atoms with Gasteiger partial charge < -0.3 is 16.2 Å². The van der Waals surface area contributed by atoms with Crippen LogP contribution in [0.5, 0.6) is 0 Å². The second kappa shape index (κ2) is 5.64. The topological polar surface area (TPSA) is 75.4 Å². The fourth-order valence-corrected chi connectivity index (χ4v) is 2.16. The van der Waals surface area contributed by atoms with Gasteiger partial charge in [0.25, 0.3) is 0 Å². The lowest BCUT2D eigenvalue weighted by Crippen LogP contribution is -2.57. The molecule has 4 heteroatoms. The Hall–Kier alpha value is -0.610. The molecule has 0 bridgehead atoms. The van der Waals surface area contributed by atoms with Gasteiger partial charge in [-0.2, -0.15) is 0 Å². The average molecular weight is 228 g/mol. The Bertz CT molecular complexity index is 239. The van der Waals surface area contributed by atoms with E-state index in [0.29, 0.717) is 12.8 Å². The highest BCUT2D eigenvalue weighted by atomic mass is 16.3. The first kappa shape index (κ1) is 13.5. The zero-order valence-corrected chi connectivity index (χ0v) is 10.3. The first-order valence-electron chi connectivity index (χ1n) is 6.31. The molecule has 1 amide bonds. The molecule has 1 fully saturated rings. The summed E-state index contributed by atoms with van der Waals surface area (Å²) in [6.45, 7) is 3.83. The molecule has 1 aliphatic carbocycles. The molecule has 94 valence electrons. The average Bonchev–Trinajstić information content (AvgIpc) is 2.31. The second-order valence-corrected chi connectivity index (χ2v) is 4.80. The number of rotatable bonds is 4. The highest BCUT2D eigenvalue weighted by molar-refractivity contribution is 5.86. The predicted octanol–water partition coefficient (Wildman–Crippen LogP) is 0.924. The van der Waals surface area contributed by atoms with Gasteiger partial charge in [-0.25, -0.2) is 0 Å². The minimum absolute atomic E-state index is 0.109. The van der Waals surface area contributed by atoms with Gasteiger partial charge in [-0.15, -0.1) is 0 Å². The van der Waals surface area contributed by atoms with Crippen LogP contribution in [0.2, 0.25) is 0 Å². The smallest absolute Gasteiger partial charge is 0.240 e. The Morgan fingerprint density at radius 3 is 2.44 bits per heavy atom. The van der Waals surface area contributed by atoms with E-state index in [-0.39, 0.29) is 11.9 Å². The summed E-state index contributed by atoms with van der Waals surface area (Å²) in [5.41, 5.74) is 5.23. The van der Waals surface area contributed by atoms with E-state index in [2.05, 4.69) is 5.32 Å². The van der Waals surface area contributed by atoms with Gasteiger partial charge in [0.2, 0.25) is 5.91 Å². The molecule has 0 aromatic carbocycles. The van der Waals surface area contributed by atoms with Crippen LogP contribution in [-0.4, -0.2) is 28.7 Å². The molecule has 0 radical (unpaired) electrons. The molecule has 0 saturated heterocycles. The third kappa shape index (κ3) is 2.95. The number of amides is 1. The van der Waals surface area contributed by atoms with Gasteiger partial charge in [0, 0.05) is 0 Å². The van der Waals surface area contributed by atoms with Crippen molar-refractivity contribution in [3.8, 4) is 0 Å². The number of carbonyl (C=O) groups excluding carboxylic acids is 1. The van der Waals surface area contributed by atoms with Crippen molar-refractivity contribution in [1.82, 2.24) is 5.32 Å². The van der Waals surface area contributed by atoms with Crippen LogP contribution in [0.1, 0.15) is 52.4 Å². The minimum Gasteiger partial charge on any atom is -0.391 e. The van der Waals surface area contributed by atoms with Gasteiger partial charge in [-0.3, -0.25) is 4.79 Å². The standard InChI is InChI=1S/C12H24N2O2/c1-3-12(13,4-2)11(16)14-9-7-5-6-8-10(9)15/h9-10,15H,3-8,13H2,1-2H3,(H,14,16)/t9-,10-/m0/s1. The number of aliphatic hydroxyl groups is 1. The fraction of sp³-hybridized carbons (Fsp3) is 0.917. The molecule has 1 aliphatic rings. The molecule has 1 saturated carbocycles. The predicted molar refractivity (Wildman–Crippen MR) is 63.9 cm³/mol. The molecule has 4 nitrogen and oxygen atoms in total. The normalized spacial score (nSPS) is 26.5. The highest BCUT2D eigenvalue weighted by Gasteiger charge is 2.33. The number of aliphatic hydroxyl groups excluding tert-OH is 1. The number of nitrogens with one attached hydrogen (secondary N) is 1. The first-order valence-corrected chi connectivity index (χ1v) is 6.31. The van der Waals surface area contributed by atoms with Crippen LogP contribution in [0.3, 0.4) is 0 Å². The van der Waals surface area contributed by atoms with Crippen LogP contribution in [0.25, 0.3) is 0 Å². The SMILES string of the molecule is CCC(N)(CC)C(=O)N[C@H]1CCCC[C@@H]1O. The lowest BCUT2D eigenvalue weighted by atomic mass is 9.89. The molecule has 0 aromatic heterocycles. The minimum atomic E-state index is -0.781. The molecule has 1 rings (SSSR count). The van der Waals surface area contributed by atoms with Crippen molar-refractivity contribution in [3.05, 3.63) is 0 Å². The van der Waals surface area contributed by atoms with Crippen molar-refractivity contribution in [1.29, 1.82) is 0 Å². The highest BCUT2D eigenvalue weighted by Crippen LogP contribution is 2.20. The van der Waals surface area contributed by atoms with Crippen molar-refractivity contribution in [2.45, 2.75) is 70.1 Å². The Morgan fingerprint density at radius 2 is 1.94 bits per heavy atom. The van der Waals surface area contributed by atoms with E-state index in [4.69, 9.17) is 5.73 Å². The quantitative estimate of drug-likeness (QED) is 0.670. The Kier molecular flexibility index (Phi) is 4.74. The van der Waals surface area contributed by atoms with Gasteiger partial charge in [-0.1, -0.05) is 26.7 Å². The second-order valence-electron chi connectivity index (χ2n) is 4.80. The monoisotopic (exact) mass is 228 g/mol. The van der Waals surface area contributed by atoms with Crippen LogP contribution in [-0.2, 0) is 4.79 Å². The van der Waals surface area contributed by atoms with Crippen LogP contribution in [0, 0.1) is 0 Å². The van der Waals surface area contributed by atoms with Gasteiger partial charge >= 0.3 is 0 Å². The van der Waals surface area contributed by atoms with E-state index < -0.39 is 11.6 Å². The molecule has 16 heavy (non-hydrogen) atoms. The Morgan fingerprint density at radius 1 is 1.38 bits per heavy atom. The Labute approximate surface area is 97.6 Å². The third-order valence-electron chi connectivity index (χ3n) is 3.76. The van der Waals surface area contributed by atoms with E-state index in [1.54, 1.807) is 0 Å². The maximum Gasteiger partial charge on any atom is 0.240 e. The van der Waals surface area contributed by atoms with Crippen molar-refractivity contribution in [2.24, 2.45) is 5.73 Å². The molecule has 0 aromatic rings. The summed E-state index contributed by atoms with van der Waals surface area (Å²) in [6, 6.07) is -0.109. The molecule has 2 atom stereocenters. The number of carbonyl (C=O) groups is 1. The summed E-state index contributed by atoms with van der Waals surface area (Å²) in [7, 11) is 0. The molecular formula is C12H24N2O2. The lowest BCUT2D eigenvalue weighted by Gasteiger charge is -2.33. The van der Waals surface area contributed by atoms with E-state index in [1.807, 2.05) is 13.8 Å². The number of hydrogen-bond donors (Lipinski definition) is 3. The molecule has 0 spiro atoms. The number of hydrogen-bond acceptors (Lipinski definition) is 3. The maximum atomic E-state index is 12.0. The van der Waals surface area contributed by atoms with Gasteiger partial charge in [0.05, 0.1) is 17.7 Å². The molecule has 4 N–H and O–H groups in total. The number of nitrogens with two attached hydrogens (primary N) is 1. The molecular weight excluding hydrogens is 204 g/mol. The van der Waals surface area contributed by atoms with E-state index in [0.717, 1.165) is 25.7 Å². The van der Waals surface area contributed by atoms with E-state index >= 15 is 0 Å². The maximum absolute atomic E-state index is 12.0. The first-order chi connectivity index (χ1) is 7.53. The summed E-state index contributed by atoms with van der Waals surface area (Å²) < 4.78 is 0. The lowest BCUT2D eigenvalue weighted by molar-refractivity contribution is -0.128. The molecule has 0 heterocycles. The molecule has 0 aliphatic heterocycles. The molecule has 0 unspecified atom stereocenters. The van der Waals surface area contributed by atoms with Crippen LogP contribution < -0.4 is 11.1 Å². The zero-order chi connectivity index (χ0) is 12.2. The van der Waals surface area contributed by atoms with Crippen molar-refractivity contribution >= 4 is 5.91 Å². The summed E-state index contributed by atoms with van der Waals surface area (Å²) >= 11 is 0. The van der Waals surface area contributed by atoms with E-state index in [9.17, 15) is 9.90 Å². The van der Waals surface area contributed by atoms with Crippen molar-refractivity contribution in [3.63, 3.8) is 0 Å². The van der Waals surface area contributed by atoms with E-state index in [1.165, 1.54) is 0 Å². The van der Waals surface area contributed by atoms with Crippen LogP contribution >= 0.6 is 0 Å². The Balaban J connectivity index is 2.55.